The molecule has 0 aliphatic carbocycles. The molecule has 3 N–H and O–H groups in total. The summed E-state index contributed by atoms with van der Waals surface area (Å²) in [6.07, 6.45) is 3.02. The first kappa shape index (κ1) is 20.7. The number of rotatable bonds is 9. The van der Waals surface area contributed by atoms with Crippen LogP contribution in [-0.2, 0) is 17.8 Å². The van der Waals surface area contributed by atoms with E-state index in [1.54, 1.807) is 14.2 Å². The molecule has 0 aliphatic heterocycles. The molecule has 0 amide bonds. The monoisotopic (exact) mass is 394 g/mol. The lowest BCUT2D eigenvalue weighted by Crippen LogP contribution is -2.39. The smallest absolute Gasteiger partial charge is 0.191 e. The van der Waals surface area contributed by atoms with Crippen LogP contribution in [0.3, 0.4) is 0 Å². The largest absolute Gasteiger partial charge is 0.496 e. The number of methoxy groups -OCH3 is 1. The lowest BCUT2D eigenvalue weighted by molar-refractivity contribution is 0.123. The topological polar surface area (TPSA) is 70.7 Å². The molecule has 1 heterocycles. The standard InChI is InChI=1S/C23H30N4O2/c1-17-7-6-9-20-18(15-27-22(17)20)11-12-25-23(24-2)26-13-14-29-16-19-8-4-5-10-21(19)28-3/h4-10,15,27H,11-14,16H2,1-3H3,(H2,24,25,26). The maximum Gasteiger partial charge on any atom is 0.191 e. The van der Waals surface area contributed by atoms with E-state index in [9.17, 15) is 0 Å². The van der Waals surface area contributed by atoms with E-state index in [2.05, 4.69) is 51.9 Å². The Bertz CT molecular complexity index is 949. The fourth-order valence-electron chi connectivity index (χ4n) is 3.35. The van der Waals surface area contributed by atoms with Crippen LogP contribution in [0.15, 0.2) is 53.7 Å². The zero-order valence-electron chi connectivity index (χ0n) is 17.4. The molecule has 0 saturated heterocycles. The average molecular weight is 395 g/mol. The van der Waals surface area contributed by atoms with Gasteiger partial charge in [-0.05, 0) is 30.5 Å². The van der Waals surface area contributed by atoms with Crippen molar-refractivity contribution < 1.29 is 9.47 Å². The van der Waals surface area contributed by atoms with Crippen molar-refractivity contribution in [3.8, 4) is 5.75 Å². The summed E-state index contributed by atoms with van der Waals surface area (Å²) in [6, 6.07) is 14.3. The van der Waals surface area contributed by atoms with Crippen molar-refractivity contribution in [2.45, 2.75) is 20.0 Å². The minimum atomic E-state index is 0.525. The molecule has 29 heavy (non-hydrogen) atoms. The highest BCUT2D eigenvalue weighted by Crippen LogP contribution is 2.21. The summed E-state index contributed by atoms with van der Waals surface area (Å²) in [7, 11) is 3.45. The molecule has 0 saturated carbocycles. The Morgan fingerprint density at radius 3 is 2.69 bits per heavy atom. The molecule has 3 aromatic rings. The van der Waals surface area contributed by atoms with Gasteiger partial charge >= 0.3 is 0 Å². The number of aryl methyl sites for hydroxylation is 1. The van der Waals surface area contributed by atoms with Crippen LogP contribution in [0.5, 0.6) is 5.75 Å². The minimum absolute atomic E-state index is 0.525. The molecule has 154 valence electrons. The summed E-state index contributed by atoms with van der Waals surface area (Å²) in [5.41, 5.74) is 4.85. The molecule has 0 bridgehead atoms. The molecule has 0 aliphatic rings. The molecule has 6 nitrogen and oxygen atoms in total. The Morgan fingerprint density at radius 1 is 1.03 bits per heavy atom. The van der Waals surface area contributed by atoms with Crippen LogP contribution in [0, 0.1) is 6.92 Å². The zero-order valence-corrected chi connectivity index (χ0v) is 17.4. The SMILES string of the molecule is CN=C(NCCOCc1ccccc1OC)NCCc1c[nH]c2c(C)cccc12. The van der Waals surface area contributed by atoms with E-state index in [-0.39, 0.29) is 0 Å². The van der Waals surface area contributed by atoms with Crippen molar-refractivity contribution in [2.24, 2.45) is 4.99 Å². The van der Waals surface area contributed by atoms with Gasteiger partial charge in [-0.1, -0.05) is 36.4 Å². The second-order valence-corrected chi connectivity index (χ2v) is 6.85. The lowest BCUT2D eigenvalue weighted by Gasteiger charge is -2.12. The van der Waals surface area contributed by atoms with Gasteiger partial charge in [0.25, 0.3) is 0 Å². The average Bonchev–Trinajstić information content (AvgIpc) is 3.17. The molecule has 0 unspecified atom stereocenters. The van der Waals surface area contributed by atoms with Gasteiger partial charge in [0.15, 0.2) is 5.96 Å². The van der Waals surface area contributed by atoms with E-state index in [0.29, 0.717) is 19.8 Å². The van der Waals surface area contributed by atoms with Gasteiger partial charge in [-0.25, -0.2) is 0 Å². The van der Waals surface area contributed by atoms with Crippen molar-refractivity contribution in [1.29, 1.82) is 0 Å². The number of aromatic amines is 1. The van der Waals surface area contributed by atoms with Crippen LogP contribution in [0.1, 0.15) is 16.7 Å². The highest BCUT2D eigenvalue weighted by atomic mass is 16.5. The molecular weight excluding hydrogens is 364 g/mol. The van der Waals surface area contributed by atoms with Crippen LogP contribution < -0.4 is 15.4 Å². The summed E-state index contributed by atoms with van der Waals surface area (Å²) >= 11 is 0. The van der Waals surface area contributed by atoms with Gasteiger partial charge in [-0.2, -0.15) is 0 Å². The third kappa shape index (κ3) is 5.51. The quantitative estimate of drug-likeness (QED) is 0.295. The molecule has 0 radical (unpaired) electrons. The zero-order chi connectivity index (χ0) is 20.5. The summed E-state index contributed by atoms with van der Waals surface area (Å²) in [5.74, 6) is 1.63. The van der Waals surface area contributed by atoms with E-state index < -0.39 is 0 Å². The second-order valence-electron chi connectivity index (χ2n) is 6.85. The van der Waals surface area contributed by atoms with E-state index in [1.807, 2.05) is 24.3 Å². The van der Waals surface area contributed by atoms with Gasteiger partial charge in [0.05, 0.1) is 20.3 Å². The number of para-hydroxylation sites is 2. The number of aromatic nitrogens is 1. The lowest BCUT2D eigenvalue weighted by atomic mass is 10.1. The van der Waals surface area contributed by atoms with Crippen LogP contribution in [0.2, 0.25) is 0 Å². The fourth-order valence-corrected chi connectivity index (χ4v) is 3.35. The number of benzene rings is 2. The van der Waals surface area contributed by atoms with Gasteiger partial charge in [-0.15, -0.1) is 0 Å². The predicted molar refractivity (Wildman–Crippen MR) is 119 cm³/mol. The third-order valence-corrected chi connectivity index (χ3v) is 4.91. The third-order valence-electron chi connectivity index (χ3n) is 4.91. The van der Waals surface area contributed by atoms with Gasteiger partial charge in [0.2, 0.25) is 0 Å². The van der Waals surface area contributed by atoms with Gasteiger partial charge in [0.1, 0.15) is 5.75 Å². The number of nitrogens with zero attached hydrogens (tertiary/aromatic N) is 1. The normalized spacial score (nSPS) is 11.6. The van der Waals surface area contributed by atoms with E-state index in [1.165, 1.54) is 22.0 Å². The highest BCUT2D eigenvalue weighted by molar-refractivity contribution is 5.86. The predicted octanol–water partition coefficient (Wildman–Crippen LogP) is 3.41. The van der Waals surface area contributed by atoms with E-state index in [0.717, 1.165) is 30.2 Å². The maximum absolute atomic E-state index is 5.75. The molecule has 2 aromatic carbocycles. The summed E-state index contributed by atoms with van der Waals surface area (Å²) in [5, 5.41) is 7.94. The van der Waals surface area contributed by atoms with Crippen molar-refractivity contribution in [2.75, 3.05) is 33.9 Å². The number of nitrogens with one attached hydrogen (secondary N) is 3. The van der Waals surface area contributed by atoms with Crippen LogP contribution >= 0.6 is 0 Å². The number of aliphatic imine (C=N–C) groups is 1. The van der Waals surface area contributed by atoms with Crippen LogP contribution in [0.4, 0.5) is 0 Å². The first-order valence-electron chi connectivity index (χ1n) is 9.92. The first-order chi connectivity index (χ1) is 14.2. The Balaban J connectivity index is 1.38. The number of guanidine groups is 1. The van der Waals surface area contributed by atoms with Crippen molar-refractivity contribution in [3.05, 3.63) is 65.4 Å². The molecule has 3 rings (SSSR count). The molecule has 0 atom stereocenters. The van der Waals surface area contributed by atoms with E-state index >= 15 is 0 Å². The Kier molecular flexibility index (Phi) is 7.53. The number of fused-ring (bicyclic) bond motifs is 1. The van der Waals surface area contributed by atoms with Crippen LogP contribution in [0.25, 0.3) is 10.9 Å². The molecular formula is C23H30N4O2. The highest BCUT2D eigenvalue weighted by Gasteiger charge is 2.06. The van der Waals surface area contributed by atoms with E-state index in [4.69, 9.17) is 9.47 Å². The van der Waals surface area contributed by atoms with Crippen molar-refractivity contribution >= 4 is 16.9 Å². The van der Waals surface area contributed by atoms with Crippen molar-refractivity contribution in [3.63, 3.8) is 0 Å². The molecule has 1 aromatic heterocycles. The summed E-state index contributed by atoms with van der Waals surface area (Å²) in [6.45, 7) is 4.73. The second kappa shape index (κ2) is 10.5. The van der Waals surface area contributed by atoms with Crippen molar-refractivity contribution in [1.82, 2.24) is 15.6 Å². The number of H-pyrrole nitrogens is 1. The van der Waals surface area contributed by atoms with Gasteiger partial charge in [-0.3, -0.25) is 4.99 Å². The number of hydrogen-bond acceptors (Lipinski definition) is 3. The van der Waals surface area contributed by atoms with Crippen LogP contribution in [-0.4, -0.2) is 44.8 Å². The number of ether oxygens (including phenoxy) is 2. The molecule has 0 fully saturated rings. The maximum atomic E-state index is 5.75. The number of hydrogen-bond donors (Lipinski definition) is 3. The Labute approximate surface area is 172 Å². The molecule has 6 heteroatoms. The van der Waals surface area contributed by atoms with Gasteiger partial charge in [0, 0.05) is 42.8 Å². The summed E-state index contributed by atoms with van der Waals surface area (Å²) in [4.78, 5) is 7.66. The van der Waals surface area contributed by atoms with Gasteiger partial charge < -0.3 is 25.1 Å². The Hall–Kier alpha value is -2.99. The fraction of sp³-hybridized carbons (Fsp3) is 0.348. The first-order valence-corrected chi connectivity index (χ1v) is 9.92. The molecule has 0 spiro atoms. The summed E-state index contributed by atoms with van der Waals surface area (Å²) < 4.78 is 11.1. The minimum Gasteiger partial charge on any atom is -0.496 e. The Morgan fingerprint density at radius 2 is 1.86 bits per heavy atom.